The molecule has 27 heavy (non-hydrogen) atoms. The number of ether oxygens (including phenoxy) is 1. The van der Waals surface area contributed by atoms with Gasteiger partial charge < -0.3 is 15.4 Å². The van der Waals surface area contributed by atoms with Crippen LogP contribution in [0.4, 0.5) is 0 Å². The third-order valence-electron chi connectivity index (χ3n) is 5.76. The number of hydrogen-bond acceptors (Lipinski definition) is 3. The number of para-hydroxylation sites is 1. The lowest BCUT2D eigenvalue weighted by atomic mass is 9.68. The standard InChI is InChI=1S/C23H30N2O2/c1-3-24-19-13-15-23(16-14-19,18-9-5-4-6-10-18)17-25-22(26)20-11-7-8-12-21(20)27-2/h4-12,19,24H,3,13-17H2,1-2H3,(H,25,26). The molecule has 4 heteroatoms. The van der Waals surface area contributed by atoms with E-state index in [2.05, 4.69) is 47.9 Å². The number of methoxy groups -OCH3 is 1. The highest BCUT2D eigenvalue weighted by Crippen LogP contribution is 2.39. The van der Waals surface area contributed by atoms with Gasteiger partial charge in [0.05, 0.1) is 12.7 Å². The van der Waals surface area contributed by atoms with Crippen molar-refractivity contribution in [3.05, 3.63) is 65.7 Å². The lowest BCUT2D eigenvalue weighted by Crippen LogP contribution is -2.46. The summed E-state index contributed by atoms with van der Waals surface area (Å²) in [5.41, 5.74) is 1.90. The fraction of sp³-hybridized carbons (Fsp3) is 0.435. The number of benzene rings is 2. The van der Waals surface area contributed by atoms with E-state index in [-0.39, 0.29) is 11.3 Å². The van der Waals surface area contributed by atoms with E-state index in [4.69, 9.17) is 4.74 Å². The molecule has 0 atom stereocenters. The van der Waals surface area contributed by atoms with Gasteiger partial charge in [-0.3, -0.25) is 4.79 Å². The zero-order valence-corrected chi connectivity index (χ0v) is 16.3. The van der Waals surface area contributed by atoms with Gasteiger partial charge in [0.1, 0.15) is 5.75 Å². The van der Waals surface area contributed by atoms with Crippen molar-refractivity contribution in [2.75, 3.05) is 20.2 Å². The number of carbonyl (C=O) groups excluding carboxylic acids is 1. The predicted molar refractivity (Wildman–Crippen MR) is 109 cm³/mol. The van der Waals surface area contributed by atoms with Crippen LogP contribution in [0.1, 0.15) is 48.5 Å². The molecule has 4 nitrogen and oxygen atoms in total. The van der Waals surface area contributed by atoms with E-state index in [9.17, 15) is 4.79 Å². The summed E-state index contributed by atoms with van der Waals surface area (Å²) in [6, 6.07) is 18.6. The monoisotopic (exact) mass is 366 g/mol. The molecule has 1 fully saturated rings. The maximum Gasteiger partial charge on any atom is 0.255 e. The van der Waals surface area contributed by atoms with E-state index in [1.807, 2.05) is 24.3 Å². The summed E-state index contributed by atoms with van der Waals surface area (Å²) in [6.45, 7) is 3.81. The summed E-state index contributed by atoms with van der Waals surface area (Å²) in [7, 11) is 1.60. The van der Waals surface area contributed by atoms with Crippen molar-refractivity contribution >= 4 is 5.91 Å². The number of rotatable bonds is 7. The van der Waals surface area contributed by atoms with E-state index in [1.54, 1.807) is 7.11 Å². The Labute approximate surface area is 162 Å². The quantitative estimate of drug-likeness (QED) is 0.781. The Morgan fingerprint density at radius 1 is 1.07 bits per heavy atom. The topological polar surface area (TPSA) is 50.4 Å². The van der Waals surface area contributed by atoms with Crippen LogP contribution in [-0.4, -0.2) is 32.1 Å². The number of amides is 1. The van der Waals surface area contributed by atoms with Gasteiger partial charge in [-0.05, 0) is 49.9 Å². The minimum Gasteiger partial charge on any atom is -0.496 e. The van der Waals surface area contributed by atoms with Gasteiger partial charge in [0.25, 0.3) is 5.91 Å². The summed E-state index contributed by atoms with van der Waals surface area (Å²) in [4.78, 5) is 12.8. The van der Waals surface area contributed by atoms with Crippen molar-refractivity contribution in [1.29, 1.82) is 0 Å². The first-order valence-corrected chi connectivity index (χ1v) is 9.88. The number of nitrogens with one attached hydrogen (secondary N) is 2. The van der Waals surface area contributed by atoms with Crippen molar-refractivity contribution in [2.24, 2.45) is 0 Å². The smallest absolute Gasteiger partial charge is 0.255 e. The fourth-order valence-corrected chi connectivity index (χ4v) is 4.20. The highest BCUT2D eigenvalue weighted by molar-refractivity contribution is 5.96. The predicted octanol–water partition coefficient (Wildman–Crippen LogP) is 3.92. The summed E-state index contributed by atoms with van der Waals surface area (Å²) in [5.74, 6) is 0.538. The van der Waals surface area contributed by atoms with Crippen molar-refractivity contribution < 1.29 is 9.53 Å². The van der Waals surface area contributed by atoms with Crippen LogP contribution in [0.25, 0.3) is 0 Å². The summed E-state index contributed by atoms with van der Waals surface area (Å²) >= 11 is 0. The lowest BCUT2D eigenvalue weighted by Gasteiger charge is -2.41. The van der Waals surface area contributed by atoms with E-state index in [0.29, 0.717) is 23.9 Å². The van der Waals surface area contributed by atoms with Gasteiger partial charge in [0.15, 0.2) is 0 Å². The molecule has 0 aromatic heterocycles. The first-order chi connectivity index (χ1) is 13.2. The van der Waals surface area contributed by atoms with Crippen LogP contribution >= 0.6 is 0 Å². The van der Waals surface area contributed by atoms with Crippen LogP contribution in [0, 0.1) is 0 Å². The molecule has 0 aliphatic heterocycles. The average molecular weight is 367 g/mol. The minimum atomic E-state index is -0.0726. The van der Waals surface area contributed by atoms with Crippen molar-refractivity contribution in [1.82, 2.24) is 10.6 Å². The van der Waals surface area contributed by atoms with Crippen LogP contribution in [0.2, 0.25) is 0 Å². The zero-order chi connectivity index (χ0) is 19.1. The molecule has 2 N–H and O–H groups in total. The molecule has 1 aliphatic carbocycles. The highest BCUT2D eigenvalue weighted by atomic mass is 16.5. The Hall–Kier alpha value is -2.33. The third kappa shape index (κ3) is 4.51. The molecule has 0 bridgehead atoms. The van der Waals surface area contributed by atoms with Gasteiger partial charge in [-0.2, -0.15) is 0 Å². The van der Waals surface area contributed by atoms with Crippen LogP contribution in [0.3, 0.4) is 0 Å². The minimum absolute atomic E-state index is 0.00907. The Morgan fingerprint density at radius 3 is 2.41 bits per heavy atom. The molecule has 1 aliphatic rings. The van der Waals surface area contributed by atoms with E-state index in [1.165, 1.54) is 5.56 Å². The SMILES string of the molecule is CCNC1CCC(CNC(=O)c2ccccc2OC)(c2ccccc2)CC1. The first kappa shape index (κ1) is 19.4. The van der Waals surface area contributed by atoms with E-state index in [0.717, 1.165) is 32.2 Å². The van der Waals surface area contributed by atoms with Crippen LogP contribution in [0.15, 0.2) is 54.6 Å². The van der Waals surface area contributed by atoms with Gasteiger partial charge in [0.2, 0.25) is 0 Å². The molecule has 1 saturated carbocycles. The molecular formula is C23H30N2O2. The average Bonchev–Trinajstić information content (AvgIpc) is 2.74. The van der Waals surface area contributed by atoms with Gasteiger partial charge in [-0.1, -0.05) is 49.4 Å². The van der Waals surface area contributed by atoms with Crippen LogP contribution < -0.4 is 15.4 Å². The maximum atomic E-state index is 12.8. The van der Waals surface area contributed by atoms with Gasteiger partial charge in [0, 0.05) is 18.0 Å². The first-order valence-electron chi connectivity index (χ1n) is 9.88. The largest absolute Gasteiger partial charge is 0.496 e. The second-order valence-corrected chi connectivity index (χ2v) is 7.36. The second kappa shape index (κ2) is 9.05. The van der Waals surface area contributed by atoms with Gasteiger partial charge in [-0.25, -0.2) is 0 Å². The summed E-state index contributed by atoms with van der Waals surface area (Å²) < 4.78 is 5.34. The Kier molecular flexibility index (Phi) is 6.51. The van der Waals surface area contributed by atoms with E-state index < -0.39 is 0 Å². The lowest BCUT2D eigenvalue weighted by molar-refractivity contribution is 0.0931. The van der Waals surface area contributed by atoms with Gasteiger partial charge >= 0.3 is 0 Å². The molecule has 1 amide bonds. The molecule has 0 heterocycles. The van der Waals surface area contributed by atoms with Crippen molar-refractivity contribution in [2.45, 2.75) is 44.1 Å². The van der Waals surface area contributed by atoms with Gasteiger partial charge in [-0.15, -0.1) is 0 Å². The van der Waals surface area contributed by atoms with E-state index >= 15 is 0 Å². The molecule has 0 spiro atoms. The highest BCUT2D eigenvalue weighted by Gasteiger charge is 2.37. The molecule has 0 radical (unpaired) electrons. The summed E-state index contributed by atoms with van der Waals surface area (Å²) in [6.07, 6.45) is 4.41. The molecule has 3 rings (SSSR count). The maximum absolute atomic E-state index is 12.8. The van der Waals surface area contributed by atoms with Crippen molar-refractivity contribution in [3.8, 4) is 5.75 Å². The Bertz CT molecular complexity index is 737. The molecule has 2 aromatic rings. The molecular weight excluding hydrogens is 336 g/mol. The Morgan fingerprint density at radius 2 is 1.74 bits per heavy atom. The number of hydrogen-bond donors (Lipinski definition) is 2. The summed E-state index contributed by atoms with van der Waals surface area (Å²) in [5, 5.41) is 6.77. The number of carbonyl (C=O) groups is 1. The Balaban J connectivity index is 1.76. The second-order valence-electron chi connectivity index (χ2n) is 7.36. The zero-order valence-electron chi connectivity index (χ0n) is 16.3. The van der Waals surface area contributed by atoms with Crippen LogP contribution in [0.5, 0.6) is 5.75 Å². The van der Waals surface area contributed by atoms with Crippen molar-refractivity contribution in [3.63, 3.8) is 0 Å². The molecule has 2 aromatic carbocycles. The third-order valence-corrected chi connectivity index (χ3v) is 5.76. The van der Waals surface area contributed by atoms with Crippen LogP contribution in [-0.2, 0) is 5.41 Å². The normalized spacial score (nSPS) is 22.2. The fourth-order valence-electron chi connectivity index (χ4n) is 4.20. The molecule has 0 unspecified atom stereocenters. The molecule has 0 saturated heterocycles. The molecule has 144 valence electrons.